The molecule has 0 saturated carbocycles. The fourth-order valence-electron chi connectivity index (χ4n) is 3.29. The fraction of sp³-hybridized carbons (Fsp3) is 0.0455. The van der Waals surface area contributed by atoms with Crippen LogP contribution in [0.15, 0.2) is 72.8 Å². The Bertz CT molecular complexity index is 1290. The maximum absolute atomic E-state index is 6.31. The van der Waals surface area contributed by atoms with Gasteiger partial charge in [-0.1, -0.05) is 60.1 Å². The van der Waals surface area contributed by atoms with Crippen LogP contribution in [0.3, 0.4) is 0 Å². The van der Waals surface area contributed by atoms with E-state index in [1.165, 1.54) is 0 Å². The van der Waals surface area contributed by atoms with E-state index >= 15 is 0 Å². The maximum Gasteiger partial charge on any atom is 0.199 e. The van der Waals surface area contributed by atoms with E-state index < -0.39 is 0 Å². The van der Waals surface area contributed by atoms with Crippen LogP contribution >= 0.6 is 11.6 Å². The fourth-order valence-corrected chi connectivity index (χ4v) is 3.46. The van der Waals surface area contributed by atoms with Gasteiger partial charge in [0.15, 0.2) is 11.3 Å². The van der Waals surface area contributed by atoms with Crippen LogP contribution in [0.25, 0.3) is 39.4 Å². The monoisotopic (exact) mass is 370 g/mol. The van der Waals surface area contributed by atoms with Crippen molar-refractivity contribution in [3.05, 3.63) is 83.4 Å². The second-order valence-electron chi connectivity index (χ2n) is 6.43. The second kappa shape index (κ2) is 6.18. The molecule has 0 unspecified atom stereocenters. The van der Waals surface area contributed by atoms with E-state index in [2.05, 4.69) is 6.92 Å². The van der Waals surface area contributed by atoms with Gasteiger partial charge in [0.25, 0.3) is 0 Å². The minimum absolute atomic E-state index is 0.618. The Morgan fingerprint density at radius 2 is 1.48 bits per heavy atom. The molecule has 5 aromatic rings. The van der Waals surface area contributed by atoms with Crippen molar-refractivity contribution < 1.29 is 0 Å². The minimum Gasteiger partial charge on any atom is -0.275 e. The zero-order valence-electron chi connectivity index (χ0n) is 14.6. The molecule has 130 valence electrons. The summed E-state index contributed by atoms with van der Waals surface area (Å²) in [6.45, 7) is 2.06. The van der Waals surface area contributed by atoms with Gasteiger partial charge >= 0.3 is 0 Å². The van der Waals surface area contributed by atoms with E-state index in [-0.39, 0.29) is 0 Å². The number of fused-ring (bicyclic) bond motifs is 2. The predicted molar refractivity (Wildman–Crippen MR) is 109 cm³/mol. The van der Waals surface area contributed by atoms with E-state index in [1.54, 1.807) is 0 Å². The van der Waals surface area contributed by atoms with Crippen LogP contribution in [-0.2, 0) is 0 Å². The van der Waals surface area contributed by atoms with Gasteiger partial charge in [0.05, 0.1) is 16.7 Å². The molecular weight excluding hydrogens is 356 g/mol. The summed E-state index contributed by atoms with van der Waals surface area (Å²) in [5.41, 5.74) is 6.05. The molecule has 2 aromatic heterocycles. The van der Waals surface area contributed by atoms with E-state index in [4.69, 9.17) is 26.6 Å². The van der Waals surface area contributed by atoms with Crippen LogP contribution in [-0.4, -0.2) is 19.5 Å². The number of nitrogens with zero attached hydrogens (tertiary/aromatic N) is 4. The third-order valence-electron chi connectivity index (χ3n) is 4.61. The van der Waals surface area contributed by atoms with Gasteiger partial charge in [-0.3, -0.25) is 4.57 Å². The highest BCUT2D eigenvalue weighted by molar-refractivity contribution is 6.30. The van der Waals surface area contributed by atoms with Gasteiger partial charge in [-0.05, 0) is 36.8 Å². The van der Waals surface area contributed by atoms with E-state index in [1.807, 2.05) is 77.4 Å². The molecule has 5 heteroatoms. The van der Waals surface area contributed by atoms with E-state index in [9.17, 15) is 0 Å². The van der Waals surface area contributed by atoms with Gasteiger partial charge in [-0.25, -0.2) is 15.0 Å². The Balaban J connectivity index is 1.93. The molecule has 0 amide bonds. The highest BCUT2D eigenvalue weighted by Crippen LogP contribution is 2.30. The molecule has 3 aromatic carbocycles. The first-order valence-electron chi connectivity index (χ1n) is 8.68. The first-order chi connectivity index (χ1) is 13.2. The first-order valence-corrected chi connectivity index (χ1v) is 9.06. The molecule has 5 rings (SSSR count). The van der Waals surface area contributed by atoms with Crippen molar-refractivity contribution in [3.63, 3.8) is 0 Å². The number of imidazole rings is 1. The molecule has 4 nitrogen and oxygen atoms in total. The summed E-state index contributed by atoms with van der Waals surface area (Å²) in [7, 11) is 0. The van der Waals surface area contributed by atoms with Gasteiger partial charge in [0.1, 0.15) is 5.82 Å². The number of rotatable bonds is 2. The third-order valence-corrected chi connectivity index (χ3v) is 4.85. The Labute approximate surface area is 161 Å². The molecule has 0 bridgehead atoms. The van der Waals surface area contributed by atoms with Crippen LogP contribution in [0.4, 0.5) is 0 Å². The summed E-state index contributed by atoms with van der Waals surface area (Å²) >= 11 is 6.31. The van der Waals surface area contributed by atoms with Crippen LogP contribution in [0, 0.1) is 6.92 Å². The number of para-hydroxylation sites is 2. The lowest BCUT2D eigenvalue weighted by molar-refractivity contribution is 1.06. The Morgan fingerprint density at radius 3 is 2.26 bits per heavy atom. The van der Waals surface area contributed by atoms with E-state index in [0.29, 0.717) is 10.7 Å². The van der Waals surface area contributed by atoms with Gasteiger partial charge in [0.2, 0.25) is 0 Å². The largest absolute Gasteiger partial charge is 0.275 e. The number of aromatic nitrogens is 4. The van der Waals surface area contributed by atoms with Crippen LogP contribution < -0.4 is 0 Å². The van der Waals surface area contributed by atoms with Crippen molar-refractivity contribution in [2.75, 3.05) is 0 Å². The van der Waals surface area contributed by atoms with Gasteiger partial charge in [0, 0.05) is 10.6 Å². The van der Waals surface area contributed by atoms with Crippen molar-refractivity contribution in [2.45, 2.75) is 6.92 Å². The molecule has 0 aliphatic heterocycles. The molecule has 0 N–H and O–H groups in total. The molecule has 27 heavy (non-hydrogen) atoms. The highest BCUT2D eigenvalue weighted by Gasteiger charge is 2.18. The maximum atomic E-state index is 6.31. The normalized spacial score (nSPS) is 11.3. The lowest BCUT2D eigenvalue weighted by Crippen LogP contribution is -2.01. The van der Waals surface area contributed by atoms with Crippen molar-refractivity contribution in [1.29, 1.82) is 0 Å². The molecule has 0 aliphatic carbocycles. The van der Waals surface area contributed by atoms with Crippen LogP contribution in [0.5, 0.6) is 0 Å². The molecule has 0 saturated heterocycles. The third kappa shape index (κ3) is 2.66. The van der Waals surface area contributed by atoms with Crippen molar-refractivity contribution in [1.82, 2.24) is 19.5 Å². The van der Waals surface area contributed by atoms with Crippen molar-refractivity contribution in [3.8, 4) is 17.1 Å². The molecule has 0 atom stereocenters. The van der Waals surface area contributed by atoms with Crippen molar-refractivity contribution >= 4 is 33.9 Å². The average Bonchev–Trinajstić information content (AvgIpc) is 3.07. The summed E-state index contributed by atoms with van der Waals surface area (Å²) in [5, 5.41) is 0.671. The average molecular weight is 371 g/mol. The summed E-state index contributed by atoms with van der Waals surface area (Å²) in [6.07, 6.45) is 0. The molecule has 0 fully saturated rings. The number of hydrogen-bond acceptors (Lipinski definition) is 3. The Kier molecular flexibility index (Phi) is 3.66. The number of benzene rings is 3. The van der Waals surface area contributed by atoms with Gasteiger partial charge < -0.3 is 0 Å². The standard InChI is InChI=1S/C22H15ClN4/c1-14-11-12-16(23)13-19(14)27-21(15-7-3-2-4-8-15)26-20-22(27)25-18-10-6-5-9-17(18)24-20/h2-13H,1H3. The van der Waals surface area contributed by atoms with E-state index in [0.717, 1.165) is 39.3 Å². The Hall–Kier alpha value is -3.24. The SMILES string of the molecule is Cc1ccc(Cl)cc1-n1c(-c2ccccc2)nc2nc3ccccc3nc21. The zero-order valence-corrected chi connectivity index (χ0v) is 15.4. The topological polar surface area (TPSA) is 43.6 Å². The second-order valence-corrected chi connectivity index (χ2v) is 6.86. The number of hydrogen-bond donors (Lipinski definition) is 0. The molecule has 0 aliphatic rings. The predicted octanol–water partition coefficient (Wildman–Crippen LogP) is 5.60. The summed E-state index contributed by atoms with van der Waals surface area (Å²) < 4.78 is 2.05. The minimum atomic E-state index is 0.618. The van der Waals surface area contributed by atoms with Crippen molar-refractivity contribution in [2.24, 2.45) is 0 Å². The lowest BCUT2D eigenvalue weighted by Gasteiger charge is -2.12. The number of aryl methyl sites for hydroxylation is 1. The molecular formula is C22H15ClN4. The first kappa shape index (κ1) is 16.0. The van der Waals surface area contributed by atoms with Crippen LogP contribution in [0.1, 0.15) is 5.56 Å². The molecule has 2 heterocycles. The lowest BCUT2D eigenvalue weighted by atomic mass is 10.1. The zero-order chi connectivity index (χ0) is 18.4. The quantitative estimate of drug-likeness (QED) is 0.406. The summed E-state index contributed by atoms with van der Waals surface area (Å²) in [6, 6.07) is 23.8. The molecule has 0 radical (unpaired) electrons. The van der Waals surface area contributed by atoms with Crippen LogP contribution in [0.2, 0.25) is 5.02 Å². The summed E-state index contributed by atoms with van der Waals surface area (Å²) in [5.74, 6) is 0.797. The smallest absolute Gasteiger partial charge is 0.199 e. The van der Waals surface area contributed by atoms with Gasteiger partial charge in [-0.15, -0.1) is 0 Å². The highest BCUT2D eigenvalue weighted by atomic mass is 35.5. The molecule has 0 spiro atoms. The summed E-state index contributed by atoms with van der Waals surface area (Å²) in [4.78, 5) is 14.4. The Morgan fingerprint density at radius 1 is 0.778 bits per heavy atom. The van der Waals surface area contributed by atoms with Gasteiger partial charge in [-0.2, -0.15) is 0 Å². The number of halogens is 1.